The summed E-state index contributed by atoms with van der Waals surface area (Å²) in [6, 6.07) is 19.2. The number of hydrogen-bond donors (Lipinski definition) is 2. The second kappa shape index (κ2) is 10.5. The van der Waals surface area contributed by atoms with Crippen molar-refractivity contribution in [1.82, 2.24) is 4.98 Å². The Morgan fingerprint density at radius 1 is 0.914 bits per heavy atom. The number of pyridine rings is 1. The fourth-order valence-electron chi connectivity index (χ4n) is 3.39. The number of aromatic nitrogens is 1. The Kier molecular flexibility index (Phi) is 7.06. The van der Waals surface area contributed by atoms with Crippen LogP contribution in [-0.2, 0) is 9.53 Å². The van der Waals surface area contributed by atoms with E-state index in [0.717, 1.165) is 0 Å². The monoisotopic (exact) mass is 475 g/mol. The lowest BCUT2D eigenvalue weighted by atomic mass is 10.1. The van der Waals surface area contributed by atoms with Gasteiger partial charge in [-0.3, -0.25) is 0 Å². The van der Waals surface area contributed by atoms with Crippen molar-refractivity contribution in [3.05, 3.63) is 78.6 Å². The predicted molar refractivity (Wildman–Crippen MR) is 130 cm³/mol. The Morgan fingerprint density at radius 3 is 2.43 bits per heavy atom. The maximum atomic E-state index is 13.4. The highest BCUT2D eigenvalue weighted by Crippen LogP contribution is 2.32. The summed E-state index contributed by atoms with van der Waals surface area (Å²) >= 11 is 0. The fourth-order valence-corrected chi connectivity index (χ4v) is 3.39. The zero-order valence-electron chi connectivity index (χ0n) is 19.0. The van der Waals surface area contributed by atoms with Crippen molar-refractivity contribution >= 4 is 34.3 Å². The van der Waals surface area contributed by atoms with E-state index in [4.69, 9.17) is 9.47 Å². The number of carbonyl (C=O) groups excluding carboxylic acids is 2. The van der Waals surface area contributed by atoms with Gasteiger partial charge in [-0.25, -0.2) is 19.0 Å². The molecule has 1 heterocycles. The molecule has 2 amide bonds. The minimum absolute atomic E-state index is 0.315. The van der Waals surface area contributed by atoms with Crippen molar-refractivity contribution in [3.8, 4) is 22.8 Å². The number of hydrogen-bond acceptors (Lipinski definition) is 6. The summed E-state index contributed by atoms with van der Waals surface area (Å²) in [5.74, 6) is -0.0340. The normalized spacial score (nSPS) is 10.5. The first-order valence-corrected chi connectivity index (χ1v) is 10.6. The van der Waals surface area contributed by atoms with E-state index in [1.54, 1.807) is 60.7 Å². The summed E-state index contributed by atoms with van der Waals surface area (Å²) in [5.41, 5.74) is 2.76. The van der Waals surface area contributed by atoms with Crippen molar-refractivity contribution in [2.24, 2.45) is 0 Å². The maximum Gasteiger partial charge on any atom is 0.343 e. The first-order chi connectivity index (χ1) is 17.0. The molecule has 0 atom stereocenters. The minimum Gasteiger partial charge on any atom is -0.495 e. The second-order valence-electron chi connectivity index (χ2n) is 7.39. The second-order valence-corrected chi connectivity index (χ2v) is 7.39. The number of benzene rings is 3. The lowest BCUT2D eigenvalue weighted by Gasteiger charge is -2.14. The van der Waals surface area contributed by atoms with Crippen molar-refractivity contribution in [1.29, 1.82) is 0 Å². The Balaban J connectivity index is 1.65. The van der Waals surface area contributed by atoms with Gasteiger partial charge >= 0.3 is 12.0 Å². The molecule has 0 spiro atoms. The molecule has 4 rings (SSSR count). The molecule has 1 aromatic heterocycles. The first-order valence-electron chi connectivity index (χ1n) is 10.6. The molecule has 0 bridgehead atoms. The average molecular weight is 475 g/mol. The molecule has 0 fully saturated rings. The topological polar surface area (TPSA) is 98.8 Å². The van der Waals surface area contributed by atoms with E-state index < -0.39 is 12.0 Å². The van der Waals surface area contributed by atoms with Crippen molar-refractivity contribution in [2.45, 2.75) is 0 Å². The van der Waals surface area contributed by atoms with Crippen molar-refractivity contribution < 1.29 is 28.2 Å². The molecule has 4 aromatic rings. The van der Waals surface area contributed by atoms with Crippen LogP contribution in [0.3, 0.4) is 0 Å². The molecule has 3 aromatic carbocycles. The number of para-hydroxylation sites is 2. The number of fused-ring (bicyclic) bond motifs is 1. The van der Waals surface area contributed by atoms with Crippen molar-refractivity contribution in [2.75, 3.05) is 31.5 Å². The van der Waals surface area contributed by atoms with Gasteiger partial charge in [0.05, 0.1) is 31.1 Å². The van der Waals surface area contributed by atoms with Crippen LogP contribution in [0.1, 0.15) is 0 Å². The summed E-state index contributed by atoms with van der Waals surface area (Å²) < 4.78 is 29.0. The molecule has 0 saturated carbocycles. The molecule has 8 nitrogen and oxygen atoms in total. The van der Waals surface area contributed by atoms with Gasteiger partial charge in [0.2, 0.25) is 0 Å². The predicted octanol–water partition coefficient (Wildman–Crippen LogP) is 5.25. The van der Waals surface area contributed by atoms with Crippen LogP contribution in [0.4, 0.5) is 20.6 Å². The lowest BCUT2D eigenvalue weighted by Crippen LogP contribution is -2.19. The van der Waals surface area contributed by atoms with Crippen LogP contribution in [0.2, 0.25) is 0 Å². The highest BCUT2D eigenvalue weighted by Gasteiger charge is 2.13. The molecule has 2 N–H and O–H groups in total. The van der Waals surface area contributed by atoms with Gasteiger partial charge in [0.25, 0.3) is 0 Å². The number of amides is 2. The van der Waals surface area contributed by atoms with Gasteiger partial charge in [-0.05, 0) is 54.6 Å². The molecule has 0 unspecified atom stereocenters. The summed E-state index contributed by atoms with van der Waals surface area (Å²) in [6.45, 7) is -0.315. The van der Waals surface area contributed by atoms with Crippen LogP contribution in [0.15, 0.2) is 72.8 Å². The number of rotatable bonds is 7. The van der Waals surface area contributed by atoms with Gasteiger partial charge in [-0.2, -0.15) is 0 Å². The Hall–Kier alpha value is -4.66. The molecule has 178 valence electrons. The third-order valence-electron chi connectivity index (χ3n) is 5.10. The number of methoxy groups -OCH3 is 2. The van der Waals surface area contributed by atoms with Gasteiger partial charge in [0, 0.05) is 22.7 Å². The summed E-state index contributed by atoms with van der Waals surface area (Å²) in [6.07, 6.45) is 0. The Bertz CT molecular complexity index is 1380. The van der Waals surface area contributed by atoms with Gasteiger partial charge in [-0.1, -0.05) is 12.1 Å². The van der Waals surface area contributed by atoms with E-state index in [0.29, 0.717) is 45.0 Å². The molecule has 0 saturated heterocycles. The molecule has 0 aliphatic heterocycles. The highest BCUT2D eigenvalue weighted by atomic mass is 19.1. The number of anilines is 2. The van der Waals surface area contributed by atoms with Crippen LogP contribution >= 0.6 is 0 Å². The van der Waals surface area contributed by atoms with E-state index >= 15 is 0 Å². The summed E-state index contributed by atoms with van der Waals surface area (Å²) in [5, 5.41) is 6.07. The third kappa shape index (κ3) is 5.64. The van der Waals surface area contributed by atoms with E-state index in [-0.39, 0.29) is 12.4 Å². The molecular formula is C26H22FN3O5. The standard InChI is InChI=1S/C26H22FN3O5/c1-33-23-6-4-3-5-21(23)30-26(32)28-18-11-12-20-19(13-18)24(35-15-25(31)34-2)14-22(29-20)16-7-9-17(27)10-8-16/h3-14H,15H2,1-2H3,(H2,28,30,32). The SMILES string of the molecule is COC(=O)COc1cc(-c2ccc(F)cc2)nc2ccc(NC(=O)Nc3ccccc3OC)cc12. The zero-order valence-corrected chi connectivity index (χ0v) is 19.0. The number of nitrogens with zero attached hydrogens (tertiary/aromatic N) is 1. The van der Waals surface area contributed by atoms with Gasteiger partial charge in [0.15, 0.2) is 6.61 Å². The highest BCUT2D eigenvalue weighted by molar-refractivity contribution is 6.02. The molecule has 0 radical (unpaired) electrons. The minimum atomic E-state index is -0.552. The molecule has 35 heavy (non-hydrogen) atoms. The summed E-state index contributed by atoms with van der Waals surface area (Å²) in [4.78, 5) is 28.9. The number of halogens is 1. The van der Waals surface area contributed by atoms with Crippen LogP contribution in [0.5, 0.6) is 11.5 Å². The third-order valence-corrected chi connectivity index (χ3v) is 5.10. The van der Waals surface area contributed by atoms with E-state index in [1.807, 2.05) is 0 Å². The van der Waals surface area contributed by atoms with Crippen LogP contribution in [-0.4, -0.2) is 37.8 Å². The quantitative estimate of drug-likeness (QED) is 0.355. The zero-order chi connectivity index (χ0) is 24.8. The number of ether oxygens (including phenoxy) is 3. The Morgan fingerprint density at radius 2 is 1.69 bits per heavy atom. The Labute approximate surface area is 200 Å². The number of esters is 1. The number of nitrogens with one attached hydrogen (secondary N) is 2. The van der Waals surface area contributed by atoms with E-state index in [1.165, 1.54) is 26.4 Å². The molecule has 9 heteroatoms. The van der Waals surface area contributed by atoms with Crippen LogP contribution in [0, 0.1) is 5.82 Å². The van der Waals surface area contributed by atoms with Gasteiger partial charge in [0.1, 0.15) is 17.3 Å². The molecule has 0 aliphatic carbocycles. The van der Waals surface area contributed by atoms with E-state index in [9.17, 15) is 14.0 Å². The maximum absolute atomic E-state index is 13.4. The smallest absolute Gasteiger partial charge is 0.343 e. The van der Waals surface area contributed by atoms with Crippen molar-refractivity contribution in [3.63, 3.8) is 0 Å². The molecular weight excluding hydrogens is 453 g/mol. The van der Waals surface area contributed by atoms with Crippen LogP contribution < -0.4 is 20.1 Å². The van der Waals surface area contributed by atoms with Gasteiger partial charge < -0.3 is 24.8 Å². The molecule has 0 aliphatic rings. The summed E-state index contributed by atoms with van der Waals surface area (Å²) in [7, 11) is 2.79. The number of carbonyl (C=O) groups is 2. The van der Waals surface area contributed by atoms with Gasteiger partial charge in [-0.15, -0.1) is 0 Å². The fraction of sp³-hybridized carbons (Fsp3) is 0.115. The largest absolute Gasteiger partial charge is 0.495 e. The van der Waals surface area contributed by atoms with Crippen LogP contribution in [0.25, 0.3) is 22.2 Å². The lowest BCUT2D eigenvalue weighted by molar-refractivity contribution is -0.142. The number of urea groups is 1. The van der Waals surface area contributed by atoms with E-state index in [2.05, 4.69) is 20.4 Å². The first kappa shape index (κ1) is 23.5. The average Bonchev–Trinajstić information content (AvgIpc) is 2.87.